The highest BCUT2D eigenvalue weighted by atomic mass is 19.4. The van der Waals surface area contributed by atoms with E-state index in [9.17, 15) is 162 Å². The summed E-state index contributed by atoms with van der Waals surface area (Å²) in [6.45, 7) is 0. The van der Waals surface area contributed by atoms with Crippen molar-refractivity contribution >= 4 is 0 Å². The second-order valence-electron chi connectivity index (χ2n) is 12.2. The molecule has 0 aliphatic carbocycles. The molecule has 0 heterocycles. The van der Waals surface area contributed by atoms with Crippen LogP contribution in [0.25, 0.3) is 0 Å². The standard InChI is InChI=1S/C21H9F37N/c1-59(2,3)21(57,58)19(52,53)17(48,49)15(44,45)13(40,41)11(36,37)9(32,33)7(28,29)5(24,25)4(22,23)6(26,27)8(30,31)10(34,35)12(38,39)14(42,43)16(46,47)18(50,51)20(54,55)56/h1-3H3/q+1. The fourth-order valence-corrected chi connectivity index (χ4v) is 3.55. The van der Waals surface area contributed by atoms with E-state index in [0.29, 0.717) is 0 Å². The van der Waals surface area contributed by atoms with Gasteiger partial charge in [0.15, 0.2) is 0 Å². The monoisotopic (exact) mass is 978 g/mol. The number of rotatable bonds is 17. The zero-order chi connectivity index (χ0) is 49.5. The van der Waals surface area contributed by atoms with Crippen molar-refractivity contribution in [3.63, 3.8) is 0 Å². The first-order valence-electron chi connectivity index (χ1n) is 12.8. The van der Waals surface area contributed by atoms with Gasteiger partial charge in [0.1, 0.15) is 0 Å². The first-order valence-corrected chi connectivity index (χ1v) is 12.8. The minimum absolute atomic E-state index is 0.477. The van der Waals surface area contributed by atoms with Crippen LogP contribution in [0.5, 0.6) is 0 Å². The third-order valence-corrected chi connectivity index (χ3v) is 7.49. The minimum atomic E-state index is -10.4. The van der Waals surface area contributed by atoms with Gasteiger partial charge < -0.3 is 0 Å². The molecule has 0 saturated heterocycles. The van der Waals surface area contributed by atoms with E-state index in [-0.39, 0.29) is 0 Å². The molecule has 0 aliphatic rings. The van der Waals surface area contributed by atoms with Gasteiger partial charge in [0.25, 0.3) is 0 Å². The second-order valence-corrected chi connectivity index (χ2v) is 12.2. The number of nitrogens with zero attached hydrogens (tertiary/aromatic N) is 1. The Kier molecular flexibility index (Phi) is 12.6. The smallest absolute Gasteiger partial charge is 0.265 e. The van der Waals surface area contributed by atoms with Crippen molar-refractivity contribution in [2.24, 2.45) is 0 Å². The van der Waals surface area contributed by atoms with Crippen LogP contribution in [0.15, 0.2) is 0 Å². The highest BCUT2D eigenvalue weighted by molar-refractivity contribution is 5.22. The summed E-state index contributed by atoms with van der Waals surface area (Å²) in [6.07, 6.45) is -8.46. The maximum absolute atomic E-state index is 14.0. The fraction of sp³-hybridized carbons (Fsp3) is 1.00. The van der Waals surface area contributed by atoms with Crippen LogP contribution < -0.4 is 0 Å². The topological polar surface area (TPSA) is 0 Å². The van der Waals surface area contributed by atoms with Gasteiger partial charge in [-0.1, -0.05) is 0 Å². The first kappa shape index (κ1) is 56.4. The maximum atomic E-state index is 14.0. The molecule has 0 amide bonds. The van der Waals surface area contributed by atoms with Crippen LogP contribution in [0.1, 0.15) is 0 Å². The number of halogens is 37. The molecule has 0 aliphatic heterocycles. The lowest BCUT2D eigenvalue weighted by Gasteiger charge is -2.47. The minimum Gasteiger partial charge on any atom is -0.265 e. The predicted molar refractivity (Wildman–Crippen MR) is 108 cm³/mol. The molecule has 1 nitrogen and oxygen atoms in total. The molecule has 0 fully saturated rings. The summed E-state index contributed by atoms with van der Waals surface area (Å²) in [4.78, 5) is 0. The van der Waals surface area contributed by atoms with E-state index in [1.807, 2.05) is 0 Å². The number of quaternary nitrogens is 1. The number of hydrogen-bond acceptors (Lipinski definition) is 0. The summed E-state index contributed by atoms with van der Waals surface area (Å²) in [7, 11) is -1.43. The van der Waals surface area contributed by atoms with Crippen LogP contribution in [0.4, 0.5) is 162 Å². The molecule has 0 radical (unpaired) electrons. The number of alkyl halides is 37. The first-order chi connectivity index (χ1) is 24.5. The van der Waals surface area contributed by atoms with E-state index in [1.54, 1.807) is 0 Å². The Morgan fingerprint density at radius 1 is 0.169 bits per heavy atom. The molecule has 0 aromatic rings. The predicted octanol–water partition coefficient (Wildman–Crippen LogP) is 12.0. The van der Waals surface area contributed by atoms with Gasteiger partial charge in [-0.15, -0.1) is 8.78 Å². The largest absolute Gasteiger partial charge is 0.461 e. The van der Waals surface area contributed by atoms with Crippen molar-refractivity contribution in [1.29, 1.82) is 0 Å². The Morgan fingerprint density at radius 3 is 0.373 bits per heavy atom. The number of hydrogen-bond donors (Lipinski definition) is 0. The van der Waals surface area contributed by atoms with Crippen molar-refractivity contribution in [1.82, 2.24) is 0 Å². The Bertz CT molecular complexity index is 1420. The molecule has 38 heteroatoms. The average Bonchev–Trinajstić information content (AvgIpc) is 2.98. The molecular formula is C21H9F37N+. The summed E-state index contributed by atoms with van der Waals surface area (Å²) in [5.41, 5.74) is 0. The van der Waals surface area contributed by atoms with E-state index in [2.05, 4.69) is 0 Å². The molecule has 0 atom stereocenters. The van der Waals surface area contributed by atoms with Gasteiger partial charge in [0, 0.05) is 0 Å². The highest BCUT2D eigenvalue weighted by Gasteiger charge is 3.03. The van der Waals surface area contributed by atoms with Crippen LogP contribution >= 0.6 is 0 Å². The van der Waals surface area contributed by atoms with Crippen LogP contribution in [-0.2, 0) is 0 Å². The maximum Gasteiger partial charge on any atom is 0.461 e. The Morgan fingerprint density at radius 2 is 0.271 bits per heavy atom. The average molecular weight is 978 g/mol. The van der Waals surface area contributed by atoms with Crippen molar-refractivity contribution in [3.8, 4) is 0 Å². The van der Waals surface area contributed by atoms with E-state index in [1.165, 1.54) is 0 Å². The fourth-order valence-electron chi connectivity index (χ4n) is 3.55. The summed E-state index contributed by atoms with van der Waals surface area (Å²) in [6, 6.07) is -7.10. The molecule has 0 bridgehead atoms. The molecule has 59 heavy (non-hydrogen) atoms. The van der Waals surface area contributed by atoms with Gasteiger partial charge >= 0.3 is 107 Å². The van der Waals surface area contributed by atoms with Crippen molar-refractivity contribution in [2.75, 3.05) is 21.1 Å². The molecule has 0 aromatic heterocycles. The molecule has 0 spiro atoms. The molecule has 0 saturated carbocycles. The van der Waals surface area contributed by atoms with Crippen molar-refractivity contribution in [3.05, 3.63) is 0 Å². The van der Waals surface area contributed by atoms with Crippen LogP contribution in [-0.4, -0.2) is 133 Å². The Hall–Kier alpha value is -2.63. The van der Waals surface area contributed by atoms with E-state index >= 15 is 0 Å². The molecule has 0 N–H and O–H groups in total. The van der Waals surface area contributed by atoms with Gasteiger partial charge in [-0.2, -0.15) is 154 Å². The van der Waals surface area contributed by atoms with E-state index < -0.39 is 133 Å². The van der Waals surface area contributed by atoms with E-state index in [0.717, 1.165) is 0 Å². The highest BCUT2D eigenvalue weighted by Crippen LogP contribution is 2.70. The van der Waals surface area contributed by atoms with E-state index in [4.69, 9.17) is 0 Å². The summed E-state index contributed by atoms with van der Waals surface area (Å²) in [5.74, 6) is -158. The Balaban J connectivity index is 7.92. The van der Waals surface area contributed by atoms with Gasteiger partial charge in [0.05, 0.1) is 21.1 Å². The quantitative estimate of drug-likeness (QED) is 0.0774. The lowest BCUT2D eigenvalue weighted by Crippen LogP contribution is -2.80. The third kappa shape index (κ3) is 6.21. The third-order valence-electron chi connectivity index (χ3n) is 7.49. The van der Waals surface area contributed by atoms with Crippen LogP contribution in [0.3, 0.4) is 0 Å². The normalized spacial score (nSPS) is 17.5. The molecule has 0 rings (SSSR count). The van der Waals surface area contributed by atoms with Crippen LogP contribution in [0, 0.1) is 0 Å². The summed E-state index contributed by atoms with van der Waals surface area (Å²) >= 11 is 0. The van der Waals surface area contributed by atoms with Gasteiger partial charge in [-0.3, -0.25) is 4.48 Å². The van der Waals surface area contributed by atoms with Crippen molar-refractivity contribution < 1.29 is 167 Å². The van der Waals surface area contributed by atoms with Gasteiger partial charge in [0.2, 0.25) is 0 Å². The SMILES string of the molecule is C[N+](C)(C)C(F)(F)C(F)(F)C(F)(F)C(F)(F)C(F)(F)C(F)(F)C(F)(F)C(F)(F)C(F)(F)C(F)(F)C(F)(F)C(F)(F)C(F)(F)C(F)(F)C(F)(F)C(F)(F)C(F)(F)C(F)(F)F. The zero-order valence-corrected chi connectivity index (χ0v) is 26.4. The van der Waals surface area contributed by atoms with Crippen LogP contribution in [0.2, 0.25) is 0 Å². The Labute approximate surface area is 296 Å². The van der Waals surface area contributed by atoms with Gasteiger partial charge in [-0.05, 0) is 0 Å². The lowest BCUT2D eigenvalue weighted by molar-refractivity contribution is -0.975. The molecule has 0 unspecified atom stereocenters. The molecule has 0 aromatic carbocycles. The lowest BCUT2D eigenvalue weighted by atomic mass is 9.82. The molecular weight excluding hydrogens is 969 g/mol. The second kappa shape index (κ2) is 13.2. The molecule has 356 valence electrons. The summed E-state index contributed by atoms with van der Waals surface area (Å²) < 4.78 is 501. The summed E-state index contributed by atoms with van der Waals surface area (Å²) in [5, 5.41) is 0. The zero-order valence-electron chi connectivity index (χ0n) is 26.4. The van der Waals surface area contributed by atoms with Crippen molar-refractivity contribution in [2.45, 2.75) is 107 Å². The van der Waals surface area contributed by atoms with Gasteiger partial charge in [-0.25, -0.2) is 0 Å².